The summed E-state index contributed by atoms with van der Waals surface area (Å²) in [5.41, 5.74) is 4.01. The van der Waals surface area contributed by atoms with Crippen molar-refractivity contribution in [2.45, 2.75) is 180 Å². The number of rotatable bonds is 16. The monoisotopic (exact) mass is 1060 g/mol. The first-order valence-corrected chi connectivity index (χ1v) is 27.5. The van der Waals surface area contributed by atoms with E-state index in [0.29, 0.717) is 64.7 Å². The van der Waals surface area contributed by atoms with Gasteiger partial charge in [-0.05, 0) is 134 Å². The van der Waals surface area contributed by atoms with Crippen molar-refractivity contribution >= 4 is 24.1 Å². The minimum absolute atomic E-state index is 0.0300. The number of carbonyl (C=O) groups is 4. The predicted molar refractivity (Wildman–Crippen MR) is 283 cm³/mol. The highest BCUT2D eigenvalue weighted by atomic mass is 16.6. The molecule has 4 atom stereocenters. The molecule has 5 saturated carbocycles. The van der Waals surface area contributed by atoms with Gasteiger partial charge in [0.2, 0.25) is 0 Å². The molecule has 4 aromatic heterocycles. The summed E-state index contributed by atoms with van der Waals surface area (Å²) < 4.78 is 31.8. The Balaban J connectivity index is 0.000000202. The molecule has 0 aromatic carbocycles. The molecule has 1 N–H and O–H groups in total. The summed E-state index contributed by atoms with van der Waals surface area (Å²) in [6.45, 7) is 6.03. The molecule has 9 rings (SSSR count). The summed E-state index contributed by atoms with van der Waals surface area (Å²) >= 11 is 0. The van der Waals surface area contributed by atoms with Crippen LogP contribution in [0.1, 0.15) is 159 Å². The van der Waals surface area contributed by atoms with Gasteiger partial charge in [0.25, 0.3) is 0 Å². The average Bonchev–Trinajstić information content (AvgIpc) is 3.94. The van der Waals surface area contributed by atoms with Crippen LogP contribution < -0.4 is 9.47 Å². The van der Waals surface area contributed by atoms with Crippen molar-refractivity contribution in [3.05, 3.63) is 59.4 Å². The molecule has 20 heteroatoms. The van der Waals surface area contributed by atoms with Crippen LogP contribution in [0.5, 0.6) is 11.5 Å². The van der Waals surface area contributed by atoms with Crippen molar-refractivity contribution in [2.24, 2.45) is 31.8 Å². The molecule has 4 aromatic rings. The fourth-order valence-corrected chi connectivity index (χ4v) is 10.1. The lowest BCUT2D eigenvalue weighted by atomic mass is 9.84. The zero-order chi connectivity index (χ0) is 55.2. The van der Waals surface area contributed by atoms with Crippen LogP contribution in [0.3, 0.4) is 0 Å². The standard InChI is InChI=1S/C27H35N5O5.C24H29N5O5.C6H12/c1-17(2)36-26(33)18-7-5-10-20(13-18)37-25-12-11-22(30-23(25)14-28)21-15-29-32(4)24(21)16-35-27(34)31(3)19-8-6-9-19;1-28(16-6-4-7-16)24(32)33-14-21-18(13-26-29(21)2)19-9-10-22(20(12-25)27-19)34-17-8-3-5-15(11-17)23(30)31;1-2-6-4-3-5-6/h11-12,15,17-20H,5-10,13,16H2,1-4H3;9-10,13,15-17H,3-8,11,14H2,1-2H3,(H,30,31);6H,2-5H2,1H3/t18-,20-;15-,17-;/m00./s1. The van der Waals surface area contributed by atoms with E-state index in [1.165, 1.54) is 25.7 Å². The molecule has 0 bridgehead atoms. The van der Waals surface area contributed by atoms with Gasteiger partial charge in [0.1, 0.15) is 25.4 Å². The van der Waals surface area contributed by atoms with E-state index in [1.54, 1.807) is 84.0 Å². The minimum atomic E-state index is -0.814. The second kappa shape index (κ2) is 27.2. The third-order valence-electron chi connectivity index (χ3n) is 15.8. The maximum absolute atomic E-state index is 12.5. The first-order valence-electron chi connectivity index (χ1n) is 27.5. The zero-order valence-electron chi connectivity index (χ0n) is 45.8. The van der Waals surface area contributed by atoms with Crippen LogP contribution in [0, 0.1) is 40.4 Å². The van der Waals surface area contributed by atoms with E-state index in [1.807, 2.05) is 13.8 Å². The molecule has 414 valence electrons. The molecule has 77 heavy (non-hydrogen) atoms. The largest absolute Gasteiger partial charge is 0.487 e. The van der Waals surface area contributed by atoms with E-state index in [0.717, 1.165) is 76.5 Å². The number of hydrogen-bond donors (Lipinski definition) is 1. The Hall–Kier alpha value is -7.22. The SMILES string of the molecule is CC(C)OC(=O)[C@H]1CCC[C@H](Oc2ccc(-c3cnn(C)c3COC(=O)N(C)C3CCC3)nc2C#N)C1.CCC1CCC1.CN(C(=O)OCc1c(-c2ccc(O[C@H]3CCC[C@H](C(=O)O)C3)c(C#N)n2)cnn1C)C1CCC1. The lowest BCUT2D eigenvalue weighted by molar-refractivity contribution is -0.154. The first kappa shape index (κ1) is 57.5. The van der Waals surface area contributed by atoms with Crippen LogP contribution in [-0.4, -0.2) is 113 Å². The number of amides is 2. The van der Waals surface area contributed by atoms with Crippen molar-refractivity contribution in [3.8, 4) is 46.2 Å². The van der Waals surface area contributed by atoms with Gasteiger partial charge < -0.3 is 38.6 Å². The molecule has 0 spiro atoms. The Kier molecular flexibility index (Phi) is 20.3. The molecule has 0 saturated heterocycles. The van der Waals surface area contributed by atoms with Crippen LogP contribution in [0.4, 0.5) is 9.59 Å². The topological polar surface area (TPSA) is 250 Å². The molecule has 0 radical (unpaired) electrons. The number of nitrogens with zero attached hydrogens (tertiary/aromatic N) is 10. The maximum atomic E-state index is 12.5. The number of aliphatic carboxylic acids is 1. The fourth-order valence-electron chi connectivity index (χ4n) is 10.1. The highest BCUT2D eigenvalue weighted by Gasteiger charge is 2.33. The first-order chi connectivity index (χ1) is 37.1. The number of esters is 1. The summed E-state index contributed by atoms with van der Waals surface area (Å²) in [7, 11) is 7.04. The number of carbonyl (C=O) groups excluding carboxylic acids is 3. The number of aryl methyl sites for hydroxylation is 2. The maximum Gasteiger partial charge on any atom is 0.410 e. The number of carboxylic acids is 1. The Bertz CT molecular complexity index is 2750. The van der Waals surface area contributed by atoms with Crippen molar-refractivity contribution < 1.29 is 48.0 Å². The van der Waals surface area contributed by atoms with Gasteiger partial charge in [-0.1, -0.05) is 32.6 Å². The number of pyridine rings is 2. The summed E-state index contributed by atoms with van der Waals surface area (Å²) in [6.07, 6.45) is 19.6. The summed E-state index contributed by atoms with van der Waals surface area (Å²) in [5, 5.41) is 37.3. The van der Waals surface area contributed by atoms with Crippen LogP contribution >= 0.6 is 0 Å². The van der Waals surface area contributed by atoms with Gasteiger partial charge in [-0.25, -0.2) is 19.6 Å². The highest BCUT2D eigenvalue weighted by molar-refractivity contribution is 5.73. The Morgan fingerprint density at radius 3 is 1.45 bits per heavy atom. The predicted octanol–water partition coefficient (Wildman–Crippen LogP) is 10.1. The van der Waals surface area contributed by atoms with Crippen LogP contribution in [0.15, 0.2) is 36.7 Å². The van der Waals surface area contributed by atoms with Crippen molar-refractivity contribution in [1.82, 2.24) is 39.3 Å². The van der Waals surface area contributed by atoms with Gasteiger partial charge in [-0.2, -0.15) is 20.7 Å². The van der Waals surface area contributed by atoms with Gasteiger partial charge in [0.15, 0.2) is 22.9 Å². The molecular formula is C57H76N10O10. The van der Waals surface area contributed by atoms with Gasteiger partial charge >= 0.3 is 24.1 Å². The molecule has 20 nitrogen and oxygen atoms in total. The third kappa shape index (κ3) is 15.0. The van der Waals surface area contributed by atoms with Crippen LogP contribution in [-0.2, 0) is 51.1 Å². The smallest absolute Gasteiger partial charge is 0.410 e. The minimum Gasteiger partial charge on any atom is -0.487 e. The lowest BCUT2D eigenvalue weighted by Gasteiger charge is -2.33. The van der Waals surface area contributed by atoms with E-state index < -0.39 is 11.9 Å². The van der Waals surface area contributed by atoms with Gasteiger partial charge in [0.05, 0.1) is 65.3 Å². The highest BCUT2D eigenvalue weighted by Crippen LogP contribution is 2.35. The van der Waals surface area contributed by atoms with Crippen LogP contribution in [0.25, 0.3) is 22.5 Å². The van der Waals surface area contributed by atoms with Gasteiger partial charge in [-0.15, -0.1) is 0 Å². The lowest BCUT2D eigenvalue weighted by Crippen LogP contribution is -2.41. The Morgan fingerprint density at radius 2 is 1.09 bits per heavy atom. The molecule has 4 heterocycles. The Labute approximate surface area is 452 Å². The fraction of sp³-hybridized carbons (Fsp3) is 0.614. The van der Waals surface area contributed by atoms with Gasteiger partial charge in [0, 0.05) is 51.4 Å². The number of ether oxygens (including phenoxy) is 5. The molecule has 5 fully saturated rings. The van der Waals surface area contributed by atoms with E-state index in [9.17, 15) is 34.8 Å². The normalized spacial score (nSPS) is 20.1. The van der Waals surface area contributed by atoms with E-state index in [-0.39, 0.29) is 79.1 Å². The number of hydrogen-bond acceptors (Lipinski definition) is 15. The number of aromatic nitrogens is 6. The summed E-state index contributed by atoms with van der Waals surface area (Å²) in [4.78, 5) is 60.8. The molecule has 5 aliphatic rings. The van der Waals surface area contributed by atoms with Gasteiger partial charge in [-0.3, -0.25) is 19.0 Å². The zero-order valence-corrected chi connectivity index (χ0v) is 45.8. The van der Waals surface area contributed by atoms with E-state index in [2.05, 4.69) is 39.2 Å². The second-order valence-corrected chi connectivity index (χ2v) is 21.3. The van der Waals surface area contributed by atoms with Crippen LogP contribution in [0.2, 0.25) is 0 Å². The molecular weight excluding hydrogens is 985 g/mol. The van der Waals surface area contributed by atoms with Crippen molar-refractivity contribution in [1.29, 1.82) is 10.5 Å². The third-order valence-corrected chi connectivity index (χ3v) is 15.8. The number of carboxylic acid groups (broad SMARTS) is 1. The molecule has 2 amide bonds. The van der Waals surface area contributed by atoms with Crippen molar-refractivity contribution in [2.75, 3.05) is 14.1 Å². The summed E-state index contributed by atoms with van der Waals surface area (Å²) in [6, 6.07) is 11.6. The number of nitriles is 2. The Morgan fingerprint density at radius 1 is 0.662 bits per heavy atom. The van der Waals surface area contributed by atoms with Crippen molar-refractivity contribution in [3.63, 3.8) is 0 Å². The molecule has 0 unspecified atom stereocenters. The van der Waals surface area contributed by atoms with E-state index in [4.69, 9.17) is 23.7 Å². The average molecular weight is 1060 g/mol. The summed E-state index contributed by atoms with van der Waals surface area (Å²) in [5.74, 6) is 0.190. The second-order valence-electron chi connectivity index (χ2n) is 21.3. The van der Waals surface area contributed by atoms with E-state index >= 15 is 0 Å². The molecule has 0 aliphatic heterocycles. The molecule has 5 aliphatic carbocycles. The quantitative estimate of drug-likeness (QED) is 0.0809.